The molecule has 2 aliphatic heterocycles. The molecular formula is C22H31N3O11. The Hall–Kier alpha value is -3.20. The molecule has 14 heteroatoms. The van der Waals surface area contributed by atoms with Crippen LogP contribution in [0.2, 0.25) is 0 Å². The third kappa shape index (κ3) is 11.0. The Bertz CT molecular complexity index is 812. The van der Waals surface area contributed by atoms with Crippen LogP contribution >= 0.6 is 0 Å². The number of carbonyl (C=O) groups excluding carboxylic acids is 6. The van der Waals surface area contributed by atoms with Crippen molar-refractivity contribution in [3.05, 3.63) is 12.2 Å². The van der Waals surface area contributed by atoms with Gasteiger partial charge in [-0.05, 0) is 0 Å². The van der Waals surface area contributed by atoms with Gasteiger partial charge in [0.15, 0.2) is 0 Å². The first-order chi connectivity index (χ1) is 17.4. The largest absolute Gasteiger partial charge is 0.378 e. The van der Waals surface area contributed by atoms with Gasteiger partial charge in [-0.15, -0.1) is 0 Å². The van der Waals surface area contributed by atoms with Crippen LogP contribution in [0.5, 0.6) is 0 Å². The van der Waals surface area contributed by atoms with E-state index in [1.807, 2.05) is 0 Å². The van der Waals surface area contributed by atoms with Crippen LogP contribution in [0.15, 0.2) is 12.2 Å². The molecule has 0 unspecified atom stereocenters. The molecule has 1 saturated heterocycles. The van der Waals surface area contributed by atoms with E-state index >= 15 is 0 Å². The molecule has 0 aromatic carbocycles. The Kier molecular flexibility index (Phi) is 13.3. The van der Waals surface area contributed by atoms with E-state index in [-0.39, 0.29) is 51.5 Å². The fourth-order valence-corrected chi connectivity index (χ4v) is 2.94. The van der Waals surface area contributed by atoms with Crippen molar-refractivity contribution in [1.82, 2.24) is 15.3 Å². The summed E-state index contributed by atoms with van der Waals surface area (Å²) in [7, 11) is 0. The van der Waals surface area contributed by atoms with Crippen molar-refractivity contribution in [3.8, 4) is 0 Å². The Morgan fingerprint density at radius 3 is 1.89 bits per heavy atom. The number of imide groups is 1. The molecule has 36 heavy (non-hydrogen) atoms. The Labute approximate surface area is 207 Å². The third-order valence-corrected chi connectivity index (χ3v) is 4.82. The first-order valence-electron chi connectivity index (χ1n) is 11.5. The molecule has 0 aliphatic carbocycles. The van der Waals surface area contributed by atoms with Crippen molar-refractivity contribution in [2.45, 2.75) is 19.3 Å². The van der Waals surface area contributed by atoms with Gasteiger partial charge in [-0.2, -0.15) is 5.06 Å². The average Bonchev–Trinajstić information content (AvgIpc) is 3.34. The maximum Gasteiger partial charge on any atom is 0.334 e. The molecule has 0 aromatic rings. The molecule has 2 rings (SSSR count). The second-order valence-electron chi connectivity index (χ2n) is 7.50. The second kappa shape index (κ2) is 16.5. The van der Waals surface area contributed by atoms with Crippen LogP contribution in [-0.2, 0) is 52.6 Å². The molecule has 0 bridgehead atoms. The molecule has 4 amide bonds. The van der Waals surface area contributed by atoms with E-state index in [1.165, 1.54) is 12.2 Å². The minimum absolute atomic E-state index is 0.0317. The fourth-order valence-electron chi connectivity index (χ4n) is 2.94. The number of nitrogens with one attached hydrogen (secondary N) is 1. The van der Waals surface area contributed by atoms with Gasteiger partial charge < -0.3 is 29.1 Å². The van der Waals surface area contributed by atoms with Crippen molar-refractivity contribution >= 4 is 35.4 Å². The maximum atomic E-state index is 11.7. The Morgan fingerprint density at radius 2 is 1.33 bits per heavy atom. The van der Waals surface area contributed by atoms with Crippen molar-refractivity contribution in [3.63, 3.8) is 0 Å². The Balaban J connectivity index is 1.28. The highest BCUT2D eigenvalue weighted by Crippen LogP contribution is 2.07. The summed E-state index contributed by atoms with van der Waals surface area (Å²) in [5.74, 6) is -3.13. The number of hydroxylamine groups is 2. The zero-order chi connectivity index (χ0) is 26.2. The lowest BCUT2D eigenvalue weighted by molar-refractivity contribution is -0.193. The van der Waals surface area contributed by atoms with Gasteiger partial charge in [0, 0.05) is 38.1 Å². The average molecular weight is 514 g/mol. The molecule has 14 nitrogen and oxygen atoms in total. The van der Waals surface area contributed by atoms with Gasteiger partial charge in [-0.3, -0.25) is 28.9 Å². The summed E-state index contributed by atoms with van der Waals surface area (Å²) in [5.41, 5.74) is 0. The minimum atomic E-state index is -0.808. The highest BCUT2D eigenvalue weighted by atomic mass is 16.7. The van der Waals surface area contributed by atoms with Crippen LogP contribution in [0.3, 0.4) is 0 Å². The van der Waals surface area contributed by atoms with Gasteiger partial charge >= 0.3 is 11.9 Å². The summed E-state index contributed by atoms with van der Waals surface area (Å²) in [5, 5.41) is 3.41. The molecule has 2 aliphatic rings. The summed E-state index contributed by atoms with van der Waals surface area (Å²) in [6.45, 7) is 2.81. The van der Waals surface area contributed by atoms with Crippen molar-refractivity contribution < 1.29 is 52.6 Å². The molecule has 0 atom stereocenters. The van der Waals surface area contributed by atoms with Gasteiger partial charge in [0.2, 0.25) is 11.7 Å². The summed E-state index contributed by atoms with van der Waals surface area (Å²) >= 11 is 0. The summed E-state index contributed by atoms with van der Waals surface area (Å²) in [4.78, 5) is 74.3. The number of carbonyl (C=O) groups is 6. The van der Waals surface area contributed by atoms with E-state index in [0.717, 1.165) is 9.96 Å². The first-order valence-corrected chi connectivity index (χ1v) is 11.5. The topological polar surface area (TPSA) is 167 Å². The molecule has 1 N–H and O–H groups in total. The highest BCUT2D eigenvalue weighted by Gasteiger charge is 2.32. The van der Waals surface area contributed by atoms with E-state index in [9.17, 15) is 28.8 Å². The van der Waals surface area contributed by atoms with Gasteiger partial charge in [0.05, 0.1) is 65.8 Å². The molecular weight excluding hydrogens is 482 g/mol. The smallest absolute Gasteiger partial charge is 0.334 e. The zero-order valence-electron chi connectivity index (χ0n) is 19.9. The third-order valence-electron chi connectivity index (χ3n) is 4.82. The SMILES string of the molecule is O=C(CCN1C(=O)C=CC1=O)NCCOCCOCCOCCOCCC(=O)ON1CCC(=O)C1=O. The number of nitrogens with zero attached hydrogens (tertiary/aromatic N) is 2. The monoisotopic (exact) mass is 513 g/mol. The number of Topliss-reactive ketones (excluding diaryl/α,β-unsaturated/α-hetero) is 1. The van der Waals surface area contributed by atoms with Crippen LogP contribution in [0.4, 0.5) is 0 Å². The fraction of sp³-hybridized carbons (Fsp3) is 0.636. The van der Waals surface area contributed by atoms with Gasteiger partial charge in [0.25, 0.3) is 11.8 Å². The number of ether oxygens (including phenoxy) is 4. The normalized spacial score (nSPS) is 15.3. The van der Waals surface area contributed by atoms with Gasteiger partial charge in [-0.1, -0.05) is 0 Å². The van der Waals surface area contributed by atoms with E-state index in [1.54, 1.807) is 0 Å². The first kappa shape index (κ1) is 29.0. The molecule has 1 fully saturated rings. The lowest BCUT2D eigenvalue weighted by Gasteiger charge is -2.13. The van der Waals surface area contributed by atoms with E-state index in [4.69, 9.17) is 23.8 Å². The predicted octanol–water partition coefficient (Wildman–Crippen LogP) is -1.87. The predicted molar refractivity (Wildman–Crippen MR) is 119 cm³/mol. The number of hydrogen-bond acceptors (Lipinski definition) is 11. The van der Waals surface area contributed by atoms with E-state index in [0.29, 0.717) is 46.2 Å². The van der Waals surface area contributed by atoms with Gasteiger partial charge in [-0.25, -0.2) is 4.79 Å². The van der Waals surface area contributed by atoms with Crippen LogP contribution in [0.25, 0.3) is 0 Å². The molecule has 0 saturated carbocycles. The van der Waals surface area contributed by atoms with Gasteiger partial charge in [0.1, 0.15) is 0 Å². The summed E-state index contributed by atoms with van der Waals surface area (Å²) in [6.07, 6.45) is 2.38. The van der Waals surface area contributed by atoms with Crippen LogP contribution in [0, 0.1) is 0 Å². The number of hydrogen-bond donors (Lipinski definition) is 1. The molecule has 2 heterocycles. The van der Waals surface area contributed by atoms with Crippen LogP contribution in [0.1, 0.15) is 19.3 Å². The minimum Gasteiger partial charge on any atom is -0.378 e. The molecule has 0 aromatic heterocycles. The van der Waals surface area contributed by atoms with E-state index in [2.05, 4.69) is 5.32 Å². The quantitative estimate of drug-likeness (QED) is 0.117. The highest BCUT2D eigenvalue weighted by molar-refractivity contribution is 6.37. The standard InChI is InChI=1S/C22H31N3O11/c26-17-3-8-25(22(17)31)36-21(30)5-9-32-11-13-34-15-16-35-14-12-33-10-6-23-18(27)4-7-24-19(28)1-2-20(24)29/h1-2H,3-16H2,(H,23,27). The van der Waals surface area contributed by atoms with Crippen LogP contribution < -0.4 is 5.32 Å². The maximum absolute atomic E-state index is 11.7. The zero-order valence-corrected chi connectivity index (χ0v) is 19.9. The lowest BCUT2D eigenvalue weighted by atomic mass is 10.3. The molecule has 200 valence electrons. The van der Waals surface area contributed by atoms with E-state index < -0.39 is 29.5 Å². The second-order valence-corrected chi connectivity index (χ2v) is 7.50. The number of rotatable bonds is 19. The summed E-state index contributed by atoms with van der Waals surface area (Å²) in [6, 6.07) is 0. The van der Waals surface area contributed by atoms with Crippen LogP contribution in [-0.4, -0.2) is 118 Å². The van der Waals surface area contributed by atoms with Crippen molar-refractivity contribution in [2.24, 2.45) is 0 Å². The Morgan fingerprint density at radius 1 is 0.778 bits per heavy atom. The summed E-state index contributed by atoms with van der Waals surface area (Å²) < 4.78 is 21.2. The molecule has 0 radical (unpaired) electrons. The van der Waals surface area contributed by atoms with Crippen molar-refractivity contribution in [1.29, 1.82) is 0 Å². The lowest BCUT2D eigenvalue weighted by Crippen LogP contribution is -2.35. The van der Waals surface area contributed by atoms with Crippen molar-refractivity contribution in [2.75, 3.05) is 72.5 Å². The number of amides is 4. The molecule has 0 spiro atoms. The number of ketones is 1.